The Morgan fingerprint density at radius 3 is 2.55 bits per heavy atom. The molecule has 0 unspecified atom stereocenters. The van der Waals surface area contributed by atoms with Crippen molar-refractivity contribution in [1.82, 2.24) is 0 Å². The van der Waals surface area contributed by atoms with Gasteiger partial charge in [-0.3, -0.25) is 0 Å². The van der Waals surface area contributed by atoms with Gasteiger partial charge in [0.2, 0.25) is 0 Å². The van der Waals surface area contributed by atoms with E-state index in [1.807, 2.05) is 24.3 Å². The summed E-state index contributed by atoms with van der Waals surface area (Å²) >= 11 is 9.11. The standard InChI is InChI=1S/C15H13BrClFO2/c16-12-4-2-5-13(9-12)19-7-8-20-15-11(10-17)3-1-6-14(15)18/h1-6,9H,7-8,10H2. The van der Waals surface area contributed by atoms with Crippen LogP contribution >= 0.6 is 27.5 Å². The minimum Gasteiger partial charge on any atom is -0.490 e. The summed E-state index contributed by atoms with van der Waals surface area (Å²) in [6.45, 7) is 0.573. The first kappa shape index (κ1) is 15.1. The minimum atomic E-state index is -0.411. The average Bonchev–Trinajstić information content (AvgIpc) is 2.45. The third-order valence-corrected chi connectivity index (χ3v) is 3.37. The largest absolute Gasteiger partial charge is 0.490 e. The number of benzene rings is 2. The van der Waals surface area contributed by atoms with Crippen molar-refractivity contribution in [2.24, 2.45) is 0 Å². The molecule has 0 heterocycles. The molecule has 0 N–H and O–H groups in total. The van der Waals surface area contributed by atoms with E-state index in [-0.39, 0.29) is 18.2 Å². The van der Waals surface area contributed by atoms with Crippen LogP contribution in [0.3, 0.4) is 0 Å². The number of ether oxygens (including phenoxy) is 2. The van der Waals surface area contributed by atoms with Crippen LogP contribution in [0, 0.1) is 5.82 Å². The zero-order valence-corrected chi connectivity index (χ0v) is 13.0. The van der Waals surface area contributed by atoms with Crippen LogP contribution in [0.2, 0.25) is 0 Å². The summed E-state index contributed by atoms with van der Waals surface area (Å²) < 4.78 is 25.5. The first-order valence-electron chi connectivity index (χ1n) is 6.05. The Bertz CT molecular complexity index is 578. The van der Waals surface area contributed by atoms with Gasteiger partial charge < -0.3 is 9.47 Å². The molecule has 0 aliphatic carbocycles. The molecule has 0 aliphatic heterocycles. The molecule has 0 atom stereocenters. The van der Waals surface area contributed by atoms with E-state index in [2.05, 4.69) is 15.9 Å². The van der Waals surface area contributed by atoms with Gasteiger partial charge >= 0.3 is 0 Å². The highest BCUT2D eigenvalue weighted by atomic mass is 79.9. The number of hydrogen-bond acceptors (Lipinski definition) is 2. The van der Waals surface area contributed by atoms with Crippen LogP contribution in [0.1, 0.15) is 5.56 Å². The van der Waals surface area contributed by atoms with E-state index < -0.39 is 5.82 Å². The van der Waals surface area contributed by atoms with E-state index in [9.17, 15) is 4.39 Å². The van der Waals surface area contributed by atoms with Gasteiger partial charge in [-0.25, -0.2) is 4.39 Å². The molecule has 20 heavy (non-hydrogen) atoms. The van der Waals surface area contributed by atoms with Crippen molar-refractivity contribution in [1.29, 1.82) is 0 Å². The maximum Gasteiger partial charge on any atom is 0.165 e. The van der Waals surface area contributed by atoms with Gasteiger partial charge in [-0.2, -0.15) is 0 Å². The number of para-hydroxylation sites is 1. The number of rotatable bonds is 6. The Morgan fingerprint density at radius 1 is 1.05 bits per heavy atom. The van der Waals surface area contributed by atoms with E-state index in [1.165, 1.54) is 6.07 Å². The second kappa shape index (κ2) is 7.50. The Morgan fingerprint density at radius 2 is 1.80 bits per heavy atom. The Labute approximate surface area is 130 Å². The average molecular weight is 360 g/mol. The fourth-order valence-electron chi connectivity index (χ4n) is 1.68. The summed E-state index contributed by atoms with van der Waals surface area (Å²) in [7, 11) is 0. The number of alkyl halides is 1. The third kappa shape index (κ3) is 4.12. The maximum atomic E-state index is 13.6. The van der Waals surface area contributed by atoms with Crippen LogP contribution in [0.15, 0.2) is 46.9 Å². The van der Waals surface area contributed by atoms with Gasteiger partial charge in [0.1, 0.15) is 19.0 Å². The van der Waals surface area contributed by atoms with Crippen LogP contribution in [-0.2, 0) is 5.88 Å². The highest BCUT2D eigenvalue weighted by Crippen LogP contribution is 2.24. The van der Waals surface area contributed by atoms with Crippen molar-refractivity contribution < 1.29 is 13.9 Å². The van der Waals surface area contributed by atoms with Crippen LogP contribution in [0.25, 0.3) is 0 Å². The molecule has 0 aromatic heterocycles. The Kier molecular flexibility index (Phi) is 5.68. The second-order valence-electron chi connectivity index (χ2n) is 4.02. The molecule has 2 nitrogen and oxygen atoms in total. The summed E-state index contributed by atoms with van der Waals surface area (Å²) in [5, 5.41) is 0. The van der Waals surface area contributed by atoms with Gasteiger partial charge in [-0.05, 0) is 24.3 Å². The molecule has 0 bridgehead atoms. The molecule has 106 valence electrons. The zero-order chi connectivity index (χ0) is 14.4. The maximum absolute atomic E-state index is 13.6. The molecular formula is C15H13BrClFO2. The minimum absolute atomic E-state index is 0.195. The second-order valence-corrected chi connectivity index (χ2v) is 5.20. The van der Waals surface area contributed by atoms with Gasteiger partial charge in [0.25, 0.3) is 0 Å². The summed E-state index contributed by atoms with van der Waals surface area (Å²) in [5.74, 6) is 0.722. The first-order chi connectivity index (χ1) is 9.70. The number of halogens is 3. The predicted molar refractivity (Wildman–Crippen MR) is 81.1 cm³/mol. The van der Waals surface area contributed by atoms with Crippen molar-refractivity contribution in [3.8, 4) is 11.5 Å². The fraction of sp³-hybridized carbons (Fsp3) is 0.200. The lowest BCUT2D eigenvalue weighted by Gasteiger charge is -2.11. The van der Waals surface area contributed by atoms with E-state index in [0.29, 0.717) is 12.2 Å². The van der Waals surface area contributed by atoms with Gasteiger partial charge in [0.15, 0.2) is 11.6 Å². The molecule has 2 rings (SSSR count). The molecule has 2 aromatic carbocycles. The summed E-state index contributed by atoms with van der Waals surface area (Å²) in [4.78, 5) is 0. The molecule has 5 heteroatoms. The SMILES string of the molecule is Fc1cccc(CCl)c1OCCOc1cccc(Br)c1. The van der Waals surface area contributed by atoms with E-state index in [1.54, 1.807) is 12.1 Å². The summed E-state index contributed by atoms with van der Waals surface area (Å²) in [5.41, 5.74) is 0.633. The van der Waals surface area contributed by atoms with Crippen LogP contribution in [-0.4, -0.2) is 13.2 Å². The van der Waals surface area contributed by atoms with Gasteiger partial charge in [-0.1, -0.05) is 34.1 Å². The normalized spacial score (nSPS) is 10.3. The molecule has 2 aromatic rings. The fourth-order valence-corrected chi connectivity index (χ4v) is 2.27. The van der Waals surface area contributed by atoms with Crippen molar-refractivity contribution in [2.75, 3.05) is 13.2 Å². The lowest BCUT2D eigenvalue weighted by Crippen LogP contribution is -2.10. The lowest BCUT2D eigenvalue weighted by atomic mass is 10.2. The molecule has 0 fully saturated rings. The predicted octanol–water partition coefficient (Wildman–Crippen LogP) is 4.78. The molecule has 0 saturated heterocycles. The monoisotopic (exact) mass is 358 g/mol. The first-order valence-corrected chi connectivity index (χ1v) is 7.38. The van der Waals surface area contributed by atoms with Crippen molar-refractivity contribution in [3.05, 3.63) is 58.3 Å². The molecular weight excluding hydrogens is 347 g/mol. The van der Waals surface area contributed by atoms with Crippen molar-refractivity contribution in [2.45, 2.75) is 5.88 Å². The Hall–Kier alpha value is -1.26. The third-order valence-electron chi connectivity index (χ3n) is 2.59. The molecule has 0 saturated carbocycles. The van der Waals surface area contributed by atoms with Crippen molar-refractivity contribution >= 4 is 27.5 Å². The van der Waals surface area contributed by atoms with Crippen LogP contribution < -0.4 is 9.47 Å². The number of hydrogen-bond donors (Lipinski definition) is 0. The molecule has 0 spiro atoms. The van der Waals surface area contributed by atoms with E-state index >= 15 is 0 Å². The highest BCUT2D eigenvalue weighted by Gasteiger charge is 2.08. The van der Waals surface area contributed by atoms with Gasteiger partial charge in [-0.15, -0.1) is 11.6 Å². The molecule has 0 amide bonds. The van der Waals surface area contributed by atoms with Crippen molar-refractivity contribution in [3.63, 3.8) is 0 Å². The Balaban J connectivity index is 1.87. The highest BCUT2D eigenvalue weighted by molar-refractivity contribution is 9.10. The van der Waals surface area contributed by atoms with E-state index in [4.69, 9.17) is 21.1 Å². The zero-order valence-electron chi connectivity index (χ0n) is 10.6. The summed E-state index contributed by atoms with van der Waals surface area (Å²) in [6, 6.07) is 12.2. The van der Waals surface area contributed by atoms with Gasteiger partial charge in [0.05, 0.1) is 5.88 Å². The lowest BCUT2D eigenvalue weighted by molar-refractivity contribution is 0.210. The van der Waals surface area contributed by atoms with E-state index in [0.717, 1.165) is 10.2 Å². The smallest absolute Gasteiger partial charge is 0.165 e. The quantitative estimate of drug-likeness (QED) is 0.545. The topological polar surface area (TPSA) is 18.5 Å². The van der Waals surface area contributed by atoms with Crippen LogP contribution in [0.5, 0.6) is 11.5 Å². The molecule has 0 aliphatic rings. The van der Waals surface area contributed by atoms with Crippen LogP contribution in [0.4, 0.5) is 4.39 Å². The molecule has 0 radical (unpaired) electrons. The van der Waals surface area contributed by atoms with Gasteiger partial charge in [0, 0.05) is 10.0 Å². The summed E-state index contributed by atoms with van der Waals surface area (Å²) in [6.07, 6.45) is 0.